The van der Waals surface area contributed by atoms with Crippen molar-refractivity contribution in [3.63, 3.8) is 0 Å². The molecule has 1 aliphatic carbocycles. The van der Waals surface area contributed by atoms with Crippen molar-refractivity contribution in [3.05, 3.63) is 36.4 Å². The molecule has 5 rings (SSSR count). The van der Waals surface area contributed by atoms with Crippen LogP contribution in [0.3, 0.4) is 0 Å². The molecule has 134 valence electrons. The lowest BCUT2D eigenvalue weighted by Gasteiger charge is -2.31. The molecular weight excluding hydrogens is 333 g/mol. The highest BCUT2D eigenvalue weighted by molar-refractivity contribution is 5.82. The van der Waals surface area contributed by atoms with Crippen LogP contribution in [0.2, 0.25) is 0 Å². The lowest BCUT2D eigenvalue weighted by Crippen LogP contribution is -2.43. The van der Waals surface area contributed by atoms with Gasteiger partial charge in [0.15, 0.2) is 11.6 Å². The molecule has 3 atom stereocenters. The van der Waals surface area contributed by atoms with Crippen molar-refractivity contribution >= 4 is 28.4 Å². The van der Waals surface area contributed by atoms with Gasteiger partial charge in [0.05, 0.1) is 17.9 Å². The predicted molar refractivity (Wildman–Crippen MR) is 98.1 cm³/mol. The number of H-pyrrole nitrogens is 1. The van der Waals surface area contributed by atoms with E-state index < -0.39 is 5.82 Å². The standard InChI is InChI=1S/C18H20FN7/c1-20-16-6-13-5-11(16)9-26(13)18-21-8-14(19)17(24-18)23-12-2-3-15-10(4-12)7-22-25-15/h2-4,7-8,11,13,16,20H,5-6,9H2,1H3,(H,22,25)(H,21,23,24). The third-order valence-electron chi connectivity index (χ3n) is 5.60. The summed E-state index contributed by atoms with van der Waals surface area (Å²) in [7, 11) is 2.02. The molecule has 3 unspecified atom stereocenters. The monoisotopic (exact) mass is 353 g/mol. The summed E-state index contributed by atoms with van der Waals surface area (Å²) < 4.78 is 14.3. The van der Waals surface area contributed by atoms with Crippen molar-refractivity contribution in [1.82, 2.24) is 25.5 Å². The van der Waals surface area contributed by atoms with E-state index in [-0.39, 0.29) is 5.82 Å². The minimum Gasteiger partial charge on any atom is -0.338 e. The molecule has 0 radical (unpaired) electrons. The first-order chi connectivity index (χ1) is 12.7. The van der Waals surface area contributed by atoms with Gasteiger partial charge in [-0.1, -0.05) is 0 Å². The van der Waals surface area contributed by atoms with Crippen molar-refractivity contribution in [2.75, 3.05) is 23.8 Å². The maximum atomic E-state index is 14.3. The molecule has 1 aliphatic heterocycles. The van der Waals surface area contributed by atoms with Crippen LogP contribution in [0.4, 0.5) is 21.8 Å². The van der Waals surface area contributed by atoms with Crippen LogP contribution in [-0.2, 0) is 0 Å². The molecule has 0 spiro atoms. The minimum atomic E-state index is -0.460. The second kappa shape index (κ2) is 5.91. The summed E-state index contributed by atoms with van der Waals surface area (Å²) >= 11 is 0. The Morgan fingerprint density at radius 1 is 1.27 bits per heavy atom. The first-order valence-electron chi connectivity index (χ1n) is 8.88. The van der Waals surface area contributed by atoms with Crippen molar-refractivity contribution in [3.8, 4) is 0 Å². The summed E-state index contributed by atoms with van der Waals surface area (Å²) in [6, 6.07) is 6.68. The Morgan fingerprint density at radius 2 is 2.19 bits per heavy atom. The molecule has 2 aliphatic rings. The summed E-state index contributed by atoms with van der Waals surface area (Å²) in [5.41, 5.74) is 1.70. The molecule has 26 heavy (non-hydrogen) atoms. The summed E-state index contributed by atoms with van der Waals surface area (Å²) in [4.78, 5) is 10.9. The van der Waals surface area contributed by atoms with Gasteiger partial charge in [-0.25, -0.2) is 9.37 Å². The molecule has 3 aromatic rings. The summed E-state index contributed by atoms with van der Waals surface area (Å²) in [5.74, 6) is 0.947. The van der Waals surface area contributed by atoms with Gasteiger partial charge < -0.3 is 15.5 Å². The number of hydrogen-bond donors (Lipinski definition) is 3. The zero-order valence-corrected chi connectivity index (χ0v) is 14.4. The Hall–Kier alpha value is -2.74. The van der Waals surface area contributed by atoms with Gasteiger partial charge in [-0.05, 0) is 44.0 Å². The zero-order valence-electron chi connectivity index (χ0n) is 14.4. The summed E-state index contributed by atoms with van der Waals surface area (Å²) in [6.45, 7) is 0.919. The van der Waals surface area contributed by atoms with Crippen molar-refractivity contribution in [2.24, 2.45) is 5.92 Å². The Morgan fingerprint density at radius 3 is 3.00 bits per heavy atom. The van der Waals surface area contributed by atoms with Crippen molar-refractivity contribution < 1.29 is 4.39 Å². The van der Waals surface area contributed by atoms with Crippen LogP contribution in [0.1, 0.15) is 12.8 Å². The Kier molecular flexibility index (Phi) is 3.53. The number of anilines is 3. The molecule has 3 N–H and O–H groups in total. The quantitative estimate of drug-likeness (QED) is 0.668. The van der Waals surface area contributed by atoms with Gasteiger partial charge in [0.2, 0.25) is 5.95 Å². The number of rotatable bonds is 4. The van der Waals surface area contributed by atoms with Crippen molar-refractivity contribution in [2.45, 2.75) is 24.9 Å². The van der Waals surface area contributed by atoms with E-state index in [1.165, 1.54) is 6.20 Å². The van der Waals surface area contributed by atoms with Gasteiger partial charge in [-0.3, -0.25) is 5.10 Å². The number of aromatic amines is 1. The van der Waals surface area contributed by atoms with Crippen LogP contribution in [0.25, 0.3) is 10.9 Å². The van der Waals surface area contributed by atoms with Crippen LogP contribution in [0.5, 0.6) is 0 Å². The van der Waals surface area contributed by atoms with E-state index in [2.05, 4.69) is 35.7 Å². The van der Waals surface area contributed by atoms with Crippen molar-refractivity contribution in [1.29, 1.82) is 0 Å². The van der Waals surface area contributed by atoms with E-state index >= 15 is 0 Å². The molecule has 1 saturated heterocycles. The average molecular weight is 353 g/mol. The molecule has 2 fully saturated rings. The van der Waals surface area contributed by atoms with Gasteiger partial charge in [0, 0.05) is 29.7 Å². The fraction of sp³-hybridized carbons (Fsp3) is 0.389. The highest BCUT2D eigenvalue weighted by Crippen LogP contribution is 2.39. The Labute approximate surface area is 150 Å². The van der Waals surface area contributed by atoms with Gasteiger partial charge in [-0.2, -0.15) is 10.1 Å². The molecule has 0 amide bonds. The SMILES string of the molecule is CNC1CC2CC1CN2c1ncc(F)c(Nc2ccc3[nH]ncc3c2)n1. The number of halogens is 1. The van der Waals surface area contributed by atoms with Gasteiger partial charge in [0.25, 0.3) is 0 Å². The Balaban J connectivity index is 1.40. The van der Waals surface area contributed by atoms with E-state index in [0.29, 0.717) is 23.9 Å². The van der Waals surface area contributed by atoms with E-state index in [4.69, 9.17) is 0 Å². The number of nitrogens with zero attached hydrogens (tertiary/aromatic N) is 4. The zero-order chi connectivity index (χ0) is 17.7. The topological polar surface area (TPSA) is 81.8 Å². The van der Waals surface area contributed by atoms with Crippen LogP contribution in [0, 0.1) is 11.7 Å². The van der Waals surface area contributed by atoms with Crippen LogP contribution in [0.15, 0.2) is 30.6 Å². The van der Waals surface area contributed by atoms with E-state index in [1.54, 1.807) is 6.20 Å². The normalized spacial score (nSPS) is 24.5. The number of nitrogens with one attached hydrogen (secondary N) is 3. The van der Waals surface area contributed by atoms with Crippen LogP contribution in [-0.4, -0.2) is 45.8 Å². The van der Waals surface area contributed by atoms with Gasteiger partial charge in [-0.15, -0.1) is 0 Å². The molecular formula is C18H20FN7. The molecule has 3 heterocycles. The summed E-state index contributed by atoms with van der Waals surface area (Å²) in [5, 5.41) is 14.3. The second-order valence-corrected chi connectivity index (χ2v) is 7.10. The fourth-order valence-electron chi connectivity index (χ4n) is 4.29. The summed E-state index contributed by atoms with van der Waals surface area (Å²) in [6.07, 6.45) is 5.22. The lowest BCUT2D eigenvalue weighted by atomic mass is 10.0. The van der Waals surface area contributed by atoms with Gasteiger partial charge >= 0.3 is 0 Å². The molecule has 1 saturated carbocycles. The number of benzene rings is 1. The van der Waals surface area contributed by atoms with E-state index in [1.807, 2.05) is 25.2 Å². The van der Waals surface area contributed by atoms with Gasteiger partial charge in [0.1, 0.15) is 0 Å². The first kappa shape index (κ1) is 15.5. The number of hydrogen-bond acceptors (Lipinski definition) is 6. The highest BCUT2D eigenvalue weighted by Gasteiger charge is 2.45. The van der Waals surface area contributed by atoms with Crippen LogP contribution < -0.4 is 15.5 Å². The van der Waals surface area contributed by atoms with E-state index in [9.17, 15) is 4.39 Å². The maximum Gasteiger partial charge on any atom is 0.227 e. The molecule has 1 aromatic carbocycles. The third kappa shape index (κ3) is 2.48. The van der Waals surface area contributed by atoms with Crippen LogP contribution >= 0.6 is 0 Å². The number of fused-ring (bicyclic) bond motifs is 3. The second-order valence-electron chi connectivity index (χ2n) is 7.10. The maximum absolute atomic E-state index is 14.3. The Bertz CT molecular complexity index is 956. The molecule has 7 nitrogen and oxygen atoms in total. The smallest absolute Gasteiger partial charge is 0.227 e. The number of aromatic nitrogens is 4. The first-order valence-corrected chi connectivity index (χ1v) is 8.88. The third-order valence-corrected chi connectivity index (χ3v) is 5.60. The number of piperidine rings is 1. The minimum absolute atomic E-state index is 0.200. The highest BCUT2D eigenvalue weighted by atomic mass is 19.1. The average Bonchev–Trinajstić information content (AvgIpc) is 3.37. The molecule has 2 bridgehead atoms. The lowest BCUT2D eigenvalue weighted by molar-refractivity contribution is 0.411. The molecule has 8 heteroatoms. The molecule has 2 aromatic heterocycles. The van der Waals surface area contributed by atoms with E-state index in [0.717, 1.165) is 36.0 Å². The predicted octanol–water partition coefficient (Wildman–Crippen LogP) is 2.42. The fourth-order valence-corrected chi connectivity index (χ4v) is 4.29. The largest absolute Gasteiger partial charge is 0.338 e.